The highest BCUT2D eigenvalue weighted by atomic mass is 32.1. The van der Waals surface area contributed by atoms with Gasteiger partial charge in [-0.25, -0.2) is 0 Å². The molecule has 0 nitrogen and oxygen atoms in total. The molecular weight excluding hydrogens is 617 g/mol. The molecule has 0 aliphatic heterocycles. The Morgan fingerprint density at radius 1 is 0.354 bits per heavy atom. The lowest BCUT2D eigenvalue weighted by Gasteiger charge is -2.02. The van der Waals surface area contributed by atoms with E-state index in [9.17, 15) is 0 Å². The van der Waals surface area contributed by atoms with Crippen molar-refractivity contribution in [2.75, 3.05) is 0 Å². The van der Waals surface area contributed by atoms with Crippen molar-refractivity contribution in [3.05, 3.63) is 155 Å². The van der Waals surface area contributed by atoms with Crippen molar-refractivity contribution < 1.29 is 0 Å². The third-order valence-electron chi connectivity index (χ3n) is 8.88. The first-order chi connectivity index (χ1) is 23.7. The van der Waals surface area contributed by atoms with Gasteiger partial charge < -0.3 is 0 Å². The fourth-order valence-electron chi connectivity index (χ4n) is 5.90. The molecule has 0 spiro atoms. The van der Waals surface area contributed by atoms with E-state index in [1.54, 1.807) is 0 Å². The highest BCUT2D eigenvalue weighted by molar-refractivity contribution is 7.25. The van der Waals surface area contributed by atoms with Crippen LogP contribution in [0.4, 0.5) is 0 Å². The summed E-state index contributed by atoms with van der Waals surface area (Å²) in [4.78, 5) is 5.24. The second-order valence-electron chi connectivity index (χ2n) is 12.6. The van der Waals surface area contributed by atoms with Gasteiger partial charge in [0, 0.05) is 19.5 Å². The molecule has 0 amide bonds. The minimum absolute atomic E-state index is 1.18. The Hall–Kier alpha value is -4.24. The van der Waals surface area contributed by atoms with Crippen molar-refractivity contribution in [3.8, 4) is 30.6 Å². The lowest BCUT2D eigenvalue weighted by atomic mass is 10.0. The molecule has 0 fully saturated rings. The van der Waals surface area contributed by atoms with Gasteiger partial charge in [0.1, 0.15) is 0 Å². The van der Waals surface area contributed by atoms with Crippen LogP contribution in [0, 0.1) is 0 Å². The van der Waals surface area contributed by atoms with E-state index in [4.69, 9.17) is 0 Å². The third-order valence-corrected chi connectivity index (χ3v) is 11.3. The Morgan fingerprint density at radius 3 is 1.00 bits per heavy atom. The lowest BCUT2D eigenvalue weighted by molar-refractivity contribution is 0.717. The zero-order chi connectivity index (χ0) is 33.0. The molecule has 2 aromatic heterocycles. The number of rotatable bonds is 15. The number of aryl methyl sites for hydroxylation is 2. The van der Waals surface area contributed by atoms with Crippen molar-refractivity contribution >= 4 is 47.0 Å². The number of hydrogen-bond acceptors (Lipinski definition) is 2. The summed E-state index contributed by atoms with van der Waals surface area (Å²) < 4.78 is 0. The number of thiophene rings is 2. The van der Waals surface area contributed by atoms with E-state index in [1.165, 1.54) is 115 Å². The summed E-state index contributed by atoms with van der Waals surface area (Å²) in [6.07, 6.45) is 18.9. The second kappa shape index (κ2) is 17.2. The quantitative estimate of drug-likeness (QED) is 0.0758. The van der Waals surface area contributed by atoms with Crippen LogP contribution in [0.2, 0.25) is 0 Å². The van der Waals surface area contributed by atoms with Crippen LogP contribution in [0.3, 0.4) is 0 Å². The molecule has 0 saturated heterocycles. The van der Waals surface area contributed by atoms with E-state index in [2.05, 4.69) is 159 Å². The molecular formula is C46H46S2. The van der Waals surface area contributed by atoms with Gasteiger partial charge in [-0.05, 0) is 94.5 Å². The highest BCUT2D eigenvalue weighted by Crippen LogP contribution is 2.40. The first-order valence-corrected chi connectivity index (χ1v) is 19.2. The topological polar surface area (TPSA) is 0 Å². The first-order valence-electron chi connectivity index (χ1n) is 17.6. The van der Waals surface area contributed by atoms with Crippen molar-refractivity contribution in [1.82, 2.24) is 0 Å². The molecule has 0 bridgehead atoms. The van der Waals surface area contributed by atoms with Gasteiger partial charge in [-0.2, -0.15) is 0 Å². The van der Waals surface area contributed by atoms with Crippen LogP contribution in [0.5, 0.6) is 0 Å². The lowest BCUT2D eigenvalue weighted by Crippen LogP contribution is -1.85. The predicted molar refractivity (Wildman–Crippen MR) is 216 cm³/mol. The summed E-state index contributed by atoms with van der Waals surface area (Å²) in [5.74, 6) is 0. The molecule has 2 heterocycles. The van der Waals surface area contributed by atoms with Gasteiger partial charge in [0.15, 0.2) is 0 Å². The van der Waals surface area contributed by atoms with Gasteiger partial charge in [-0.15, -0.1) is 22.7 Å². The first kappa shape index (κ1) is 33.7. The molecule has 0 saturated carbocycles. The van der Waals surface area contributed by atoms with Gasteiger partial charge in [0.25, 0.3) is 0 Å². The van der Waals surface area contributed by atoms with Crippen LogP contribution in [0.15, 0.2) is 121 Å². The predicted octanol–water partition coefficient (Wildman–Crippen LogP) is 14.6. The van der Waals surface area contributed by atoms with Gasteiger partial charge in [0.2, 0.25) is 0 Å². The molecule has 6 rings (SSSR count). The minimum atomic E-state index is 1.18. The van der Waals surface area contributed by atoms with Gasteiger partial charge in [-0.3, -0.25) is 0 Å². The fraction of sp³-hybridized carbons (Fsp3) is 0.217. The molecule has 0 radical (unpaired) electrons. The zero-order valence-electron chi connectivity index (χ0n) is 28.3. The molecule has 4 aromatic carbocycles. The molecule has 0 aliphatic rings. The Kier molecular flexibility index (Phi) is 12.1. The van der Waals surface area contributed by atoms with E-state index in [0.29, 0.717) is 0 Å². The largest absolute Gasteiger partial charge is 0.134 e. The molecule has 0 aliphatic carbocycles. The Bertz CT molecular complexity index is 1750. The van der Waals surface area contributed by atoms with Crippen LogP contribution in [0.25, 0.3) is 54.9 Å². The van der Waals surface area contributed by atoms with E-state index >= 15 is 0 Å². The van der Waals surface area contributed by atoms with Crippen molar-refractivity contribution in [3.63, 3.8) is 0 Å². The maximum Gasteiger partial charge on any atom is 0.0449 e. The number of hydrogen-bond donors (Lipinski definition) is 0. The van der Waals surface area contributed by atoms with Crippen LogP contribution in [-0.2, 0) is 12.8 Å². The van der Waals surface area contributed by atoms with Gasteiger partial charge in [0.05, 0.1) is 0 Å². The van der Waals surface area contributed by atoms with Gasteiger partial charge in [-0.1, -0.05) is 161 Å². The molecule has 2 heteroatoms. The summed E-state index contributed by atoms with van der Waals surface area (Å²) in [7, 11) is 0. The standard InChI is InChI=1S/C46H46S2/c1-3-5-7-9-35-11-15-37(16-12-35)19-21-39-23-27-41(28-24-39)43-31-33-45(47-43)46-34-32-44(48-46)42-29-25-40(26-30-42)22-20-38-17-13-36(14-18-38)10-8-6-4-2/h11-34H,3-10H2,1-2H3/b21-19+,22-20+. The molecule has 0 N–H and O–H groups in total. The average Bonchev–Trinajstić information content (AvgIpc) is 3.83. The summed E-state index contributed by atoms with van der Waals surface area (Å²) in [5, 5.41) is 0. The minimum Gasteiger partial charge on any atom is -0.134 e. The Labute approximate surface area is 296 Å². The summed E-state index contributed by atoms with van der Waals surface area (Å²) in [6.45, 7) is 4.52. The van der Waals surface area contributed by atoms with Crippen LogP contribution in [0.1, 0.15) is 85.8 Å². The monoisotopic (exact) mass is 662 g/mol. The summed E-state index contributed by atoms with van der Waals surface area (Å²) in [6, 6.07) is 44.9. The molecule has 0 unspecified atom stereocenters. The Balaban J connectivity index is 1.03. The number of benzene rings is 4. The van der Waals surface area contributed by atoms with Crippen LogP contribution >= 0.6 is 22.7 Å². The zero-order valence-corrected chi connectivity index (χ0v) is 30.0. The van der Waals surface area contributed by atoms with Crippen molar-refractivity contribution in [2.45, 2.75) is 65.2 Å². The van der Waals surface area contributed by atoms with Crippen LogP contribution < -0.4 is 0 Å². The normalized spacial score (nSPS) is 11.6. The molecule has 48 heavy (non-hydrogen) atoms. The van der Waals surface area contributed by atoms with Crippen molar-refractivity contribution in [1.29, 1.82) is 0 Å². The van der Waals surface area contributed by atoms with E-state index in [0.717, 1.165) is 0 Å². The second-order valence-corrected chi connectivity index (χ2v) is 14.8. The summed E-state index contributed by atoms with van der Waals surface area (Å²) >= 11 is 3.74. The average molecular weight is 663 g/mol. The molecule has 0 atom stereocenters. The Morgan fingerprint density at radius 2 is 0.667 bits per heavy atom. The van der Waals surface area contributed by atoms with E-state index in [1.807, 2.05) is 22.7 Å². The number of unbranched alkanes of at least 4 members (excludes halogenated alkanes) is 4. The molecule has 6 aromatic rings. The maximum atomic E-state index is 2.27. The third kappa shape index (κ3) is 9.43. The smallest absolute Gasteiger partial charge is 0.0449 e. The summed E-state index contributed by atoms with van der Waals surface area (Å²) in [5.41, 5.74) is 10.3. The fourth-order valence-corrected chi connectivity index (χ4v) is 8.02. The SMILES string of the molecule is CCCCCc1ccc(/C=C/c2ccc(-c3ccc(-c4ccc(-c5ccc(/C=C/c6ccc(CCCCC)cc6)cc5)s4)s3)cc2)cc1. The van der Waals surface area contributed by atoms with Gasteiger partial charge >= 0.3 is 0 Å². The van der Waals surface area contributed by atoms with Crippen LogP contribution in [-0.4, -0.2) is 0 Å². The maximum absolute atomic E-state index is 2.27. The van der Waals surface area contributed by atoms with E-state index < -0.39 is 0 Å². The van der Waals surface area contributed by atoms with Crippen molar-refractivity contribution in [2.24, 2.45) is 0 Å². The highest BCUT2D eigenvalue weighted by Gasteiger charge is 2.09. The molecule has 242 valence electrons. The van der Waals surface area contributed by atoms with E-state index in [-0.39, 0.29) is 0 Å².